The minimum Gasteiger partial charge on any atom is -0.356 e. The van der Waals surface area contributed by atoms with Crippen LogP contribution in [-0.2, 0) is 11.2 Å². The van der Waals surface area contributed by atoms with Crippen LogP contribution in [0.1, 0.15) is 45.1 Å². The van der Waals surface area contributed by atoms with Crippen molar-refractivity contribution in [3.05, 3.63) is 69.2 Å². The molecule has 0 saturated heterocycles. The molecule has 30 heavy (non-hydrogen) atoms. The average molecular weight is 424 g/mol. The highest BCUT2D eigenvalue weighted by Crippen LogP contribution is 2.13. The predicted octanol–water partition coefficient (Wildman–Crippen LogP) is 4.92. The number of nitrogens with one attached hydrogen (secondary N) is 2. The Labute approximate surface area is 182 Å². The molecule has 0 bridgehead atoms. The maximum atomic E-state index is 12.9. The topological polar surface area (TPSA) is 66.9 Å². The van der Waals surface area contributed by atoms with Gasteiger partial charge in [0.1, 0.15) is 0 Å². The smallest absolute Gasteiger partial charge is 0.266 e. The van der Waals surface area contributed by atoms with Crippen molar-refractivity contribution in [3.63, 3.8) is 0 Å². The summed E-state index contributed by atoms with van der Waals surface area (Å²) < 4.78 is 1.84. The molecule has 2 N–H and O–H groups in total. The predicted molar refractivity (Wildman–Crippen MR) is 125 cm³/mol. The molecule has 2 aromatic carbocycles. The first-order valence-corrected chi connectivity index (χ1v) is 11.0. The molecule has 158 valence electrons. The van der Waals surface area contributed by atoms with Crippen molar-refractivity contribution in [2.75, 3.05) is 6.54 Å². The third kappa shape index (κ3) is 5.25. The molecular formula is C24H29N3O2S. The van der Waals surface area contributed by atoms with E-state index in [1.54, 1.807) is 6.07 Å². The van der Waals surface area contributed by atoms with Gasteiger partial charge in [-0.2, -0.15) is 0 Å². The third-order valence-electron chi connectivity index (χ3n) is 5.50. The summed E-state index contributed by atoms with van der Waals surface area (Å²) in [6, 6.07) is 14.7. The van der Waals surface area contributed by atoms with Gasteiger partial charge in [-0.25, -0.2) is 0 Å². The fraction of sp³-hybridized carbons (Fsp3) is 0.375. The van der Waals surface area contributed by atoms with E-state index in [-0.39, 0.29) is 11.5 Å². The second-order valence-electron chi connectivity index (χ2n) is 7.68. The molecule has 3 rings (SSSR count). The minimum absolute atomic E-state index is 0.0258. The lowest BCUT2D eigenvalue weighted by atomic mass is 9.99. The van der Waals surface area contributed by atoms with Crippen LogP contribution in [0.3, 0.4) is 0 Å². The van der Waals surface area contributed by atoms with Gasteiger partial charge in [-0.15, -0.1) is 0 Å². The number of nitrogens with zero attached hydrogens (tertiary/aromatic N) is 1. The zero-order valence-corrected chi connectivity index (χ0v) is 18.4. The largest absolute Gasteiger partial charge is 0.356 e. The van der Waals surface area contributed by atoms with Crippen molar-refractivity contribution in [1.29, 1.82) is 0 Å². The summed E-state index contributed by atoms with van der Waals surface area (Å²) in [7, 11) is 0. The molecule has 1 aromatic heterocycles. The standard InChI is InChI=1S/C24H29N3O2S/c1-3-5-8-17(4-2)16-25-22(28)15-18-11-13-19(14-12-18)27-23(29)20-9-6-7-10-21(20)26-24(27)30/h6-7,9-14,17H,3-5,8,15-16H2,1-2H3,(H,25,28)(H,26,30). The molecule has 0 radical (unpaired) electrons. The Hall–Kier alpha value is -2.73. The zero-order chi connectivity index (χ0) is 21.5. The van der Waals surface area contributed by atoms with Crippen molar-refractivity contribution in [2.45, 2.75) is 46.0 Å². The van der Waals surface area contributed by atoms with Crippen LogP contribution >= 0.6 is 12.2 Å². The Morgan fingerprint density at radius 3 is 2.57 bits per heavy atom. The SMILES string of the molecule is CCCCC(CC)CNC(=O)Cc1ccc(-n2c(=S)[nH]c3ccccc3c2=O)cc1. The van der Waals surface area contributed by atoms with Gasteiger partial charge in [-0.05, 0) is 54.4 Å². The van der Waals surface area contributed by atoms with Gasteiger partial charge < -0.3 is 10.3 Å². The lowest BCUT2D eigenvalue weighted by molar-refractivity contribution is -0.120. The number of carbonyl (C=O) groups excluding carboxylic acids is 1. The zero-order valence-electron chi connectivity index (χ0n) is 17.6. The van der Waals surface area contributed by atoms with Gasteiger partial charge in [0.05, 0.1) is 23.0 Å². The summed E-state index contributed by atoms with van der Waals surface area (Å²) in [4.78, 5) is 28.3. The summed E-state index contributed by atoms with van der Waals surface area (Å²) in [6.45, 7) is 5.09. The second-order valence-corrected chi connectivity index (χ2v) is 8.07. The van der Waals surface area contributed by atoms with E-state index >= 15 is 0 Å². The molecule has 1 amide bonds. The highest BCUT2D eigenvalue weighted by Gasteiger charge is 2.10. The number of rotatable bonds is 9. The number of fused-ring (bicyclic) bond motifs is 1. The van der Waals surface area contributed by atoms with Gasteiger partial charge in [-0.1, -0.05) is 57.4 Å². The van der Waals surface area contributed by atoms with Crippen molar-refractivity contribution in [2.24, 2.45) is 5.92 Å². The summed E-state index contributed by atoms with van der Waals surface area (Å²) in [5, 5.41) is 3.65. The first kappa shape index (κ1) is 22.0. The van der Waals surface area contributed by atoms with Crippen LogP contribution in [-0.4, -0.2) is 22.0 Å². The van der Waals surface area contributed by atoms with Crippen LogP contribution in [0.5, 0.6) is 0 Å². The molecule has 5 nitrogen and oxygen atoms in total. The number of hydrogen-bond acceptors (Lipinski definition) is 3. The van der Waals surface area contributed by atoms with Crippen LogP contribution in [0.4, 0.5) is 0 Å². The monoisotopic (exact) mass is 423 g/mol. The number of unbranched alkanes of at least 4 members (excludes halogenated alkanes) is 1. The molecule has 1 unspecified atom stereocenters. The number of hydrogen-bond donors (Lipinski definition) is 2. The molecule has 0 aliphatic rings. The molecule has 3 aromatic rings. The number of aromatic nitrogens is 2. The van der Waals surface area contributed by atoms with Gasteiger partial charge in [-0.3, -0.25) is 14.2 Å². The molecule has 0 fully saturated rings. The van der Waals surface area contributed by atoms with E-state index in [2.05, 4.69) is 24.1 Å². The van der Waals surface area contributed by atoms with Gasteiger partial charge >= 0.3 is 0 Å². The van der Waals surface area contributed by atoms with E-state index in [1.165, 1.54) is 17.4 Å². The van der Waals surface area contributed by atoms with Crippen LogP contribution in [0.25, 0.3) is 16.6 Å². The number of carbonyl (C=O) groups is 1. The highest BCUT2D eigenvalue weighted by atomic mass is 32.1. The molecule has 0 aliphatic carbocycles. The number of H-pyrrole nitrogens is 1. The molecule has 0 saturated carbocycles. The van der Waals surface area contributed by atoms with Crippen LogP contribution < -0.4 is 10.9 Å². The summed E-state index contributed by atoms with van der Waals surface area (Å²) in [6.07, 6.45) is 4.94. The lowest BCUT2D eigenvalue weighted by Gasteiger charge is -2.15. The number of amides is 1. The quantitative estimate of drug-likeness (QED) is 0.480. The number of para-hydroxylation sites is 1. The molecule has 6 heteroatoms. The lowest BCUT2D eigenvalue weighted by Crippen LogP contribution is -2.30. The van der Waals surface area contributed by atoms with E-state index < -0.39 is 0 Å². The van der Waals surface area contributed by atoms with Crippen molar-refractivity contribution >= 4 is 29.0 Å². The van der Waals surface area contributed by atoms with Gasteiger partial charge in [0.25, 0.3) is 5.56 Å². The van der Waals surface area contributed by atoms with E-state index in [1.807, 2.05) is 42.5 Å². The number of benzene rings is 2. The molecule has 1 heterocycles. The Morgan fingerprint density at radius 1 is 1.13 bits per heavy atom. The molecular weight excluding hydrogens is 394 g/mol. The first-order chi connectivity index (χ1) is 14.5. The average Bonchev–Trinajstić information content (AvgIpc) is 2.75. The Bertz CT molecular complexity index is 1120. The van der Waals surface area contributed by atoms with Crippen molar-refractivity contribution in [1.82, 2.24) is 14.9 Å². The molecule has 0 aliphatic heterocycles. The van der Waals surface area contributed by atoms with E-state index in [4.69, 9.17) is 12.2 Å². The van der Waals surface area contributed by atoms with Crippen LogP contribution in [0, 0.1) is 10.7 Å². The fourth-order valence-corrected chi connectivity index (χ4v) is 3.91. The maximum Gasteiger partial charge on any atom is 0.266 e. The molecule has 1 atom stereocenters. The van der Waals surface area contributed by atoms with E-state index in [0.717, 1.165) is 30.5 Å². The molecule has 0 spiro atoms. The van der Waals surface area contributed by atoms with Crippen LogP contribution in [0.2, 0.25) is 0 Å². The summed E-state index contributed by atoms with van der Waals surface area (Å²) in [5.41, 5.74) is 2.15. The summed E-state index contributed by atoms with van der Waals surface area (Å²) in [5.74, 6) is 0.565. The third-order valence-corrected chi connectivity index (χ3v) is 5.78. The summed E-state index contributed by atoms with van der Waals surface area (Å²) >= 11 is 5.40. The minimum atomic E-state index is -0.155. The van der Waals surface area contributed by atoms with Crippen molar-refractivity contribution < 1.29 is 4.79 Å². The van der Waals surface area contributed by atoms with E-state index in [0.29, 0.717) is 28.2 Å². The van der Waals surface area contributed by atoms with Crippen LogP contribution in [0.15, 0.2) is 53.3 Å². The van der Waals surface area contributed by atoms with E-state index in [9.17, 15) is 9.59 Å². The highest BCUT2D eigenvalue weighted by molar-refractivity contribution is 7.71. The van der Waals surface area contributed by atoms with Crippen molar-refractivity contribution in [3.8, 4) is 5.69 Å². The normalized spacial score (nSPS) is 12.1. The second kappa shape index (κ2) is 10.3. The van der Waals surface area contributed by atoms with Gasteiger partial charge in [0.2, 0.25) is 5.91 Å². The Balaban J connectivity index is 1.70. The van der Waals surface area contributed by atoms with Gasteiger partial charge in [0.15, 0.2) is 4.77 Å². The number of aromatic amines is 1. The maximum absolute atomic E-state index is 12.9. The van der Waals surface area contributed by atoms with Gasteiger partial charge in [0, 0.05) is 6.54 Å². The Kier molecular flexibility index (Phi) is 7.57. The fourth-order valence-electron chi connectivity index (χ4n) is 3.61. The first-order valence-electron chi connectivity index (χ1n) is 10.6. The Morgan fingerprint density at radius 2 is 1.87 bits per heavy atom.